The standard InChI is InChI=1S/C18H17N3O/c1-21(2)15-9-7-14(8-10-15)20-18(22)17-16-6-4-3-5-13(16)11-12-19-17/h3-12H,1-2H3,(H,20,22). The number of carbonyl (C=O) groups is 1. The van der Waals surface area contributed by atoms with Crippen LogP contribution in [0.1, 0.15) is 10.5 Å². The molecular weight excluding hydrogens is 274 g/mol. The van der Waals surface area contributed by atoms with Gasteiger partial charge in [0.2, 0.25) is 0 Å². The number of rotatable bonds is 3. The summed E-state index contributed by atoms with van der Waals surface area (Å²) in [5.41, 5.74) is 2.28. The molecule has 3 aromatic rings. The molecule has 0 aliphatic rings. The van der Waals surface area contributed by atoms with E-state index in [1.165, 1.54) is 0 Å². The quantitative estimate of drug-likeness (QED) is 0.802. The molecule has 4 heteroatoms. The normalized spacial score (nSPS) is 10.5. The first-order valence-corrected chi connectivity index (χ1v) is 7.07. The fourth-order valence-electron chi connectivity index (χ4n) is 2.33. The summed E-state index contributed by atoms with van der Waals surface area (Å²) in [6, 6.07) is 17.3. The first-order chi connectivity index (χ1) is 10.6. The molecule has 0 atom stereocenters. The van der Waals surface area contributed by atoms with Gasteiger partial charge in [0, 0.05) is 37.1 Å². The summed E-state index contributed by atoms with van der Waals surface area (Å²) in [5, 5.41) is 4.76. The van der Waals surface area contributed by atoms with E-state index in [9.17, 15) is 4.79 Å². The smallest absolute Gasteiger partial charge is 0.274 e. The van der Waals surface area contributed by atoms with Gasteiger partial charge in [-0.3, -0.25) is 9.78 Å². The molecule has 2 aromatic carbocycles. The Morgan fingerprint density at radius 1 is 1.00 bits per heavy atom. The highest BCUT2D eigenvalue weighted by Crippen LogP contribution is 2.19. The Morgan fingerprint density at radius 2 is 1.73 bits per heavy atom. The first-order valence-electron chi connectivity index (χ1n) is 7.07. The fraction of sp³-hybridized carbons (Fsp3) is 0.111. The number of nitrogens with one attached hydrogen (secondary N) is 1. The van der Waals surface area contributed by atoms with Crippen molar-refractivity contribution in [2.24, 2.45) is 0 Å². The molecule has 0 fully saturated rings. The predicted octanol–water partition coefficient (Wildman–Crippen LogP) is 3.55. The van der Waals surface area contributed by atoms with Crippen LogP contribution < -0.4 is 10.2 Å². The molecule has 4 nitrogen and oxygen atoms in total. The van der Waals surface area contributed by atoms with E-state index in [2.05, 4.69) is 10.3 Å². The van der Waals surface area contributed by atoms with Gasteiger partial charge in [-0.2, -0.15) is 0 Å². The third kappa shape index (κ3) is 2.76. The number of carbonyl (C=O) groups excluding carboxylic acids is 1. The number of fused-ring (bicyclic) bond motifs is 1. The Balaban J connectivity index is 1.87. The number of hydrogen-bond donors (Lipinski definition) is 1. The zero-order chi connectivity index (χ0) is 15.5. The lowest BCUT2D eigenvalue weighted by atomic mass is 10.1. The van der Waals surface area contributed by atoms with E-state index in [0.29, 0.717) is 5.69 Å². The summed E-state index contributed by atoms with van der Waals surface area (Å²) < 4.78 is 0. The molecule has 0 spiro atoms. The van der Waals surface area contributed by atoms with Crippen molar-refractivity contribution >= 4 is 28.1 Å². The summed E-state index contributed by atoms with van der Waals surface area (Å²) in [6.45, 7) is 0. The minimum Gasteiger partial charge on any atom is -0.378 e. The van der Waals surface area contributed by atoms with E-state index in [-0.39, 0.29) is 5.91 Å². The van der Waals surface area contributed by atoms with Gasteiger partial charge in [-0.25, -0.2) is 0 Å². The molecule has 0 radical (unpaired) electrons. The average Bonchev–Trinajstić information content (AvgIpc) is 2.54. The molecule has 0 unspecified atom stereocenters. The molecular formula is C18H17N3O. The summed E-state index contributed by atoms with van der Waals surface area (Å²) in [6.07, 6.45) is 1.66. The van der Waals surface area contributed by atoms with Crippen LogP contribution in [0.2, 0.25) is 0 Å². The minimum atomic E-state index is -0.200. The number of aromatic nitrogens is 1. The maximum Gasteiger partial charge on any atom is 0.274 e. The summed E-state index contributed by atoms with van der Waals surface area (Å²) >= 11 is 0. The molecule has 22 heavy (non-hydrogen) atoms. The van der Waals surface area contributed by atoms with Gasteiger partial charge >= 0.3 is 0 Å². The first kappa shape index (κ1) is 14.1. The number of pyridine rings is 1. The number of nitrogens with zero attached hydrogens (tertiary/aromatic N) is 2. The van der Waals surface area contributed by atoms with Gasteiger partial charge < -0.3 is 10.2 Å². The van der Waals surface area contributed by atoms with Crippen LogP contribution in [0.15, 0.2) is 60.8 Å². The summed E-state index contributed by atoms with van der Waals surface area (Å²) in [7, 11) is 3.96. The van der Waals surface area contributed by atoms with E-state index in [0.717, 1.165) is 22.1 Å². The van der Waals surface area contributed by atoms with Crippen molar-refractivity contribution in [1.29, 1.82) is 0 Å². The van der Waals surface area contributed by atoms with E-state index in [1.54, 1.807) is 6.20 Å². The van der Waals surface area contributed by atoms with Crippen molar-refractivity contribution in [1.82, 2.24) is 4.98 Å². The Kier molecular flexibility index (Phi) is 3.74. The molecule has 0 saturated carbocycles. The van der Waals surface area contributed by atoms with E-state index in [1.807, 2.05) is 73.6 Å². The highest BCUT2D eigenvalue weighted by Gasteiger charge is 2.11. The van der Waals surface area contributed by atoms with Crippen LogP contribution in [0.25, 0.3) is 10.8 Å². The molecule has 1 aromatic heterocycles. The zero-order valence-corrected chi connectivity index (χ0v) is 12.6. The van der Waals surface area contributed by atoms with Crippen LogP contribution in [0.3, 0.4) is 0 Å². The zero-order valence-electron chi connectivity index (χ0n) is 12.6. The largest absolute Gasteiger partial charge is 0.378 e. The van der Waals surface area contributed by atoms with Crippen molar-refractivity contribution in [3.8, 4) is 0 Å². The second-order valence-corrected chi connectivity index (χ2v) is 5.28. The van der Waals surface area contributed by atoms with Gasteiger partial charge in [-0.15, -0.1) is 0 Å². The molecule has 3 rings (SSSR count). The maximum absolute atomic E-state index is 12.5. The lowest BCUT2D eigenvalue weighted by Crippen LogP contribution is -2.14. The number of amides is 1. The van der Waals surface area contributed by atoms with Crippen LogP contribution in [-0.4, -0.2) is 25.0 Å². The van der Waals surface area contributed by atoms with Crippen molar-refractivity contribution in [3.63, 3.8) is 0 Å². The molecule has 1 N–H and O–H groups in total. The van der Waals surface area contributed by atoms with Crippen LogP contribution in [0.5, 0.6) is 0 Å². The van der Waals surface area contributed by atoms with Crippen molar-refractivity contribution in [3.05, 3.63) is 66.5 Å². The maximum atomic E-state index is 12.5. The van der Waals surface area contributed by atoms with Crippen LogP contribution in [0, 0.1) is 0 Å². The van der Waals surface area contributed by atoms with Gasteiger partial charge in [0.1, 0.15) is 5.69 Å². The van der Waals surface area contributed by atoms with E-state index < -0.39 is 0 Å². The third-order valence-electron chi connectivity index (χ3n) is 3.53. The average molecular weight is 291 g/mol. The van der Waals surface area contributed by atoms with E-state index in [4.69, 9.17) is 0 Å². The van der Waals surface area contributed by atoms with Crippen molar-refractivity contribution in [2.45, 2.75) is 0 Å². The number of hydrogen-bond acceptors (Lipinski definition) is 3. The van der Waals surface area contributed by atoms with Gasteiger partial charge in [-0.05, 0) is 35.7 Å². The Labute approximate surface area is 129 Å². The fourth-order valence-corrected chi connectivity index (χ4v) is 2.33. The van der Waals surface area contributed by atoms with Gasteiger partial charge in [0.05, 0.1) is 0 Å². The lowest BCUT2D eigenvalue weighted by Gasteiger charge is -2.13. The summed E-state index contributed by atoms with van der Waals surface area (Å²) in [4.78, 5) is 18.7. The SMILES string of the molecule is CN(C)c1ccc(NC(=O)c2nccc3ccccc23)cc1. The lowest BCUT2D eigenvalue weighted by molar-refractivity contribution is 0.102. The molecule has 0 bridgehead atoms. The number of benzene rings is 2. The molecule has 1 heterocycles. The van der Waals surface area contributed by atoms with Crippen molar-refractivity contribution < 1.29 is 4.79 Å². The molecule has 1 amide bonds. The minimum absolute atomic E-state index is 0.200. The highest BCUT2D eigenvalue weighted by molar-refractivity contribution is 6.11. The van der Waals surface area contributed by atoms with Gasteiger partial charge in [-0.1, -0.05) is 24.3 Å². The van der Waals surface area contributed by atoms with Crippen LogP contribution in [-0.2, 0) is 0 Å². The number of anilines is 2. The molecule has 0 saturated heterocycles. The molecule has 0 aliphatic heterocycles. The molecule has 0 aliphatic carbocycles. The monoisotopic (exact) mass is 291 g/mol. The van der Waals surface area contributed by atoms with Crippen LogP contribution >= 0.6 is 0 Å². The van der Waals surface area contributed by atoms with E-state index >= 15 is 0 Å². The summed E-state index contributed by atoms with van der Waals surface area (Å²) in [5.74, 6) is -0.200. The third-order valence-corrected chi connectivity index (χ3v) is 3.53. The van der Waals surface area contributed by atoms with Crippen LogP contribution in [0.4, 0.5) is 11.4 Å². The predicted molar refractivity (Wildman–Crippen MR) is 90.5 cm³/mol. The molecule has 110 valence electrons. The second-order valence-electron chi connectivity index (χ2n) is 5.28. The Hall–Kier alpha value is -2.88. The van der Waals surface area contributed by atoms with Gasteiger partial charge in [0.25, 0.3) is 5.91 Å². The highest BCUT2D eigenvalue weighted by atomic mass is 16.1. The Bertz CT molecular complexity index is 805. The topological polar surface area (TPSA) is 45.2 Å². The Morgan fingerprint density at radius 3 is 2.45 bits per heavy atom. The van der Waals surface area contributed by atoms with Crippen molar-refractivity contribution in [2.75, 3.05) is 24.3 Å². The van der Waals surface area contributed by atoms with Gasteiger partial charge in [0.15, 0.2) is 0 Å². The second kappa shape index (κ2) is 5.85.